The van der Waals surface area contributed by atoms with Crippen molar-refractivity contribution in [3.63, 3.8) is 0 Å². The van der Waals surface area contributed by atoms with Crippen LogP contribution in [0.2, 0.25) is 0 Å². The number of para-hydroxylation sites is 1. The van der Waals surface area contributed by atoms with Crippen LogP contribution in [0.4, 0.5) is 0 Å². The molecule has 9 heteroatoms. The number of benzene rings is 2. The van der Waals surface area contributed by atoms with Crippen molar-refractivity contribution < 1.29 is 28.7 Å². The van der Waals surface area contributed by atoms with Gasteiger partial charge in [0.25, 0.3) is 0 Å². The van der Waals surface area contributed by atoms with Crippen LogP contribution in [-0.4, -0.2) is 48.9 Å². The van der Waals surface area contributed by atoms with Gasteiger partial charge < -0.3 is 30.2 Å². The Balaban J connectivity index is 0.000000550. The third kappa shape index (κ3) is 9.12. The van der Waals surface area contributed by atoms with E-state index in [1.807, 2.05) is 37.3 Å². The summed E-state index contributed by atoms with van der Waals surface area (Å²) < 4.78 is 15.4. The third-order valence-corrected chi connectivity index (χ3v) is 6.89. The molecule has 38 heavy (non-hydrogen) atoms. The first-order valence-electron chi connectivity index (χ1n) is 13.0. The normalized spacial score (nSPS) is 13.5. The van der Waals surface area contributed by atoms with Crippen LogP contribution in [0.25, 0.3) is 0 Å². The second-order valence-corrected chi connectivity index (χ2v) is 9.99. The van der Waals surface area contributed by atoms with Gasteiger partial charge in [-0.2, -0.15) is 0 Å². The van der Waals surface area contributed by atoms with Crippen molar-refractivity contribution >= 4 is 20.7 Å². The zero-order chi connectivity index (χ0) is 28.1. The molecule has 0 bridgehead atoms. The van der Waals surface area contributed by atoms with Crippen molar-refractivity contribution in [2.24, 2.45) is 5.73 Å². The molecule has 1 heterocycles. The van der Waals surface area contributed by atoms with Gasteiger partial charge in [0, 0.05) is 30.4 Å². The number of nitrogens with one attached hydrogen (secondary N) is 1. The topological polar surface area (TPSA) is 120 Å². The second-order valence-electron chi connectivity index (χ2n) is 9.00. The van der Waals surface area contributed by atoms with E-state index >= 15 is 0 Å². The Kier molecular flexibility index (Phi) is 13.3. The van der Waals surface area contributed by atoms with Gasteiger partial charge in [0.1, 0.15) is 29.7 Å². The molecule has 1 aliphatic heterocycles. The van der Waals surface area contributed by atoms with E-state index in [1.165, 1.54) is 5.57 Å². The number of cyclic esters (lactones) is 1. The summed E-state index contributed by atoms with van der Waals surface area (Å²) in [6.07, 6.45) is 4.48. The molecule has 2 unspecified atom stereocenters. The van der Waals surface area contributed by atoms with E-state index < -0.39 is 12.0 Å². The number of aromatic hydroxyl groups is 1. The zero-order valence-electron chi connectivity index (χ0n) is 23.1. The average molecular weight is 545 g/mol. The van der Waals surface area contributed by atoms with E-state index in [0.717, 1.165) is 53.7 Å². The van der Waals surface area contributed by atoms with Gasteiger partial charge in [0.15, 0.2) is 0 Å². The number of ether oxygens (including phenoxy) is 2. The summed E-state index contributed by atoms with van der Waals surface area (Å²) in [5, 5.41) is 14.2. The van der Waals surface area contributed by atoms with E-state index in [1.54, 1.807) is 13.8 Å². The molecule has 0 spiro atoms. The molecule has 0 amide bonds. The van der Waals surface area contributed by atoms with Crippen LogP contribution in [0, 0.1) is 6.92 Å². The van der Waals surface area contributed by atoms with Gasteiger partial charge in [-0.25, -0.2) is 4.79 Å². The lowest BCUT2D eigenvalue weighted by atomic mass is 9.89. The molecule has 2 aromatic carbocycles. The Bertz CT molecular complexity index is 1100. The van der Waals surface area contributed by atoms with E-state index in [4.69, 9.17) is 15.0 Å². The van der Waals surface area contributed by atoms with Gasteiger partial charge in [-0.05, 0) is 63.8 Å². The highest BCUT2D eigenvalue weighted by molar-refractivity contribution is 7.32. The monoisotopic (exact) mass is 544 g/mol. The van der Waals surface area contributed by atoms with Crippen LogP contribution in [0.1, 0.15) is 60.3 Å². The summed E-state index contributed by atoms with van der Waals surface area (Å²) in [4.78, 5) is 22.4. The predicted molar refractivity (Wildman–Crippen MR) is 152 cm³/mol. The lowest BCUT2D eigenvalue weighted by molar-refractivity contribution is -0.144. The molecular formula is C29H41N2O6P. The molecule has 0 saturated heterocycles. The number of carbonyl (C=O) groups excluding carboxylic acids is 2. The molecule has 1 aliphatic rings. The molecule has 4 N–H and O–H groups in total. The zero-order valence-corrected chi connectivity index (χ0v) is 24.1. The quantitative estimate of drug-likeness (QED) is 0.154. The highest BCUT2D eigenvalue weighted by Crippen LogP contribution is 2.38. The molecule has 0 saturated carbocycles. The number of allylic oxidation sites excluding steroid dienone is 1. The van der Waals surface area contributed by atoms with Gasteiger partial charge in [0.2, 0.25) is 0 Å². The SMILES string of the molecule is CCOC(=O)C(C)N.CCc1c(C)c2c(c(O)c1C/C=C(\C)CNCCPOc1ccccc1)C(=O)OC2. The van der Waals surface area contributed by atoms with Gasteiger partial charge in [-0.1, -0.05) is 36.8 Å². The van der Waals surface area contributed by atoms with E-state index in [2.05, 4.69) is 30.0 Å². The average Bonchev–Trinajstić information content (AvgIpc) is 3.30. The second kappa shape index (κ2) is 16.1. The van der Waals surface area contributed by atoms with Crippen molar-refractivity contribution in [3.8, 4) is 11.5 Å². The number of fused-ring (bicyclic) bond motifs is 1. The van der Waals surface area contributed by atoms with Crippen LogP contribution >= 0.6 is 8.81 Å². The summed E-state index contributed by atoms with van der Waals surface area (Å²) >= 11 is 0. The standard InChI is InChI=1S/C24H30NO4P.C5H11NO2/c1-4-19-17(3)21-15-28-24(27)22(21)23(26)20(19)11-10-16(2)14-25-12-13-30-29-18-8-6-5-7-9-18;1-3-8-5(7)4(2)6/h5-10,25-26,30H,4,11-15H2,1-3H3;4H,3,6H2,1-2H3/b16-10+;. The maximum atomic E-state index is 12.0. The maximum Gasteiger partial charge on any atom is 0.342 e. The fourth-order valence-corrected chi connectivity index (χ4v) is 4.70. The molecule has 0 radical (unpaired) electrons. The highest BCUT2D eigenvalue weighted by atomic mass is 31.1. The Hall–Kier alpha value is -2.93. The molecule has 3 rings (SSSR count). The molecular weight excluding hydrogens is 503 g/mol. The third-order valence-electron chi connectivity index (χ3n) is 6.05. The van der Waals surface area contributed by atoms with Crippen LogP contribution in [0.3, 0.4) is 0 Å². The first-order valence-corrected chi connectivity index (χ1v) is 14.1. The smallest absolute Gasteiger partial charge is 0.342 e. The summed E-state index contributed by atoms with van der Waals surface area (Å²) in [5.41, 5.74) is 10.5. The number of phenols is 1. The van der Waals surface area contributed by atoms with E-state index in [0.29, 0.717) is 27.4 Å². The predicted octanol–water partition coefficient (Wildman–Crippen LogP) is 4.58. The highest BCUT2D eigenvalue weighted by Gasteiger charge is 2.30. The summed E-state index contributed by atoms with van der Waals surface area (Å²) in [7, 11) is 0.428. The van der Waals surface area contributed by atoms with Gasteiger partial charge in [-0.3, -0.25) is 4.79 Å². The van der Waals surface area contributed by atoms with Crippen LogP contribution in [-0.2, 0) is 33.7 Å². The Morgan fingerprint density at radius 1 is 1.26 bits per heavy atom. The number of carbonyl (C=O) groups is 2. The molecule has 8 nitrogen and oxygen atoms in total. The number of hydrogen-bond donors (Lipinski definition) is 3. The summed E-state index contributed by atoms with van der Waals surface area (Å²) in [6.45, 7) is 11.8. The molecule has 0 aliphatic carbocycles. The van der Waals surface area contributed by atoms with Crippen molar-refractivity contribution in [1.82, 2.24) is 5.32 Å². The largest absolute Gasteiger partial charge is 0.507 e. The first-order chi connectivity index (χ1) is 18.2. The number of rotatable bonds is 12. The molecule has 208 valence electrons. The van der Waals surface area contributed by atoms with Crippen LogP contribution in [0.15, 0.2) is 42.0 Å². The van der Waals surface area contributed by atoms with E-state index in [-0.39, 0.29) is 18.3 Å². The minimum absolute atomic E-state index is 0.0891. The Morgan fingerprint density at radius 3 is 2.58 bits per heavy atom. The van der Waals surface area contributed by atoms with Gasteiger partial charge >= 0.3 is 11.9 Å². The number of hydrogen-bond acceptors (Lipinski definition) is 8. The Morgan fingerprint density at radius 2 is 1.97 bits per heavy atom. The fourth-order valence-electron chi connectivity index (χ4n) is 4.01. The minimum Gasteiger partial charge on any atom is -0.507 e. The van der Waals surface area contributed by atoms with Crippen LogP contribution in [0.5, 0.6) is 11.5 Å². The first kappa shape index (κ1) is 31.3. The summed E-state index contributed by atoms with van der Waals surface area (Å²) in [6, 6.07) is 9.36. The minimum atomic E-state index is -0.491. The molecule has 0 aromatic heterocycles. The molecule has 2 atom stereocenters. The van der Waals surface area contributed by atoms with E-state index in [9.17, 15) is 14.7 Å². The van der Waals surface area contributed by atoms with Gasteiger partial charge in [0.05, 0.1) is 15.4 Å². The lowest BCUT2D eigenvalue weighted by Gasteiger charge is -2.16. The van der Waals surface area contributed by atoms with Gasteiger partial charge in [-0.15, -0.1) is 0 Å². The summed E-state index contributed by atoms with van der Waals surface area (Å²) in [5.74, 6) is 0.237. The van der Waals surface area contributed by atoms with Crippen molar-refractivity contribution in [1.29, 1.82) is 0 Å². The van der Waals surface area contributed by atoms with Crippen molar-refractivity contribution in [2.75, 3.05) is 25.9 Å². The molecule has 0 fully saturated rings. The van der Waals surface area contributed by atoms with Crippen molar-refractivity contribution in [2.45, 2.75) is 60.1 Å². The number of phenolic OH excluding ortho intramolecular Hbond substituents is 1. The molecule has 2 aromatic rings. The van der Waals surface area contributed by atoms with Crippen molar-refractivity contribution in [3.05, 3.63) is 69.8 Å². The maximum absolute atomic E-state index is 12.0. The fraction of sp³-hybridized carbons (Fsp3) is 0.448. The van der Waals surface area contributed by atoms with Crippen LogP contribution < -0.4 is 15.6 Å². The number of nitrogens with two attached hydrogens (primary N) is 1. The Labute approximate surface area is 227 Å². The lowest BCUT2D eigenvalue weighted by Crippen LogP contribution is -2.28. The number of esters is 2.